The number of aromatic nitrogens is 2. The zero-order valence-corrected chi connectivity index (χ0v) is 10.8. The van der Waals surface area contributed by atoms with Crippen molar-refractivity contribution >= 4 is 17.4 Å². The Kier molecular flexibility index (Phi) is 4.50. The molecule has 1 aromatic rings. The van der Waals surface area contributed by atoms with Crippen molar-refractivity contribution in [3.63, 3.8) is 0 Å². The molecule has 0 spiro atoms. The second kappa shape index (κ2) is 5.46. The minimum atomic E-state index is -0.0198. The first kappa shape index (κ1) is 13.2. The average Bonchev–Trinajstić information content (AvgIpc) is 2.25. The van der Waals surface area contributed by atoms with Crippen LogP contribution in [0.5, 0.6) is 0 Å². The van der Waals surface area contributed by atoms with E-state index in [1.165, 1.54) is 0 Å². The smallest absolute Gasteiger partial charge is 0.155 e. The number of nitrogens with zero attached hydrogens (tertiary/aromatic N) is 2. The largest absolute Gasteiger partial charge is 0.394 e. The van der Waals surface area contributed by atoms with Crippen molar-refractivity contribution in [2.45, 2.75) is 33.7 Å². The van der Waals surface area contributed by atoms with Crippen molar-refractivity contribution in [3.8, 4) is 0 Å². The van der Waals surface area contributed by atoms with Gasteiger partial charge in [0, 0.05) is 0 Å². The number of rotatable bonds is 4. The highest BCUT2D eigenvalue weighted by molar-refractivity contribution is 6.30. The first-order chi connectivity index (χ1) is 7.47. The first-order valence-electron chi connectivity index (χ1n) is 5.34. The summed E-state index contributed by atoms with van der Waals surface area (Å²) in [5, 5.41) is 20.7. The molecule has 2 N–H and O–H groups in total. The van der Waals surface area contributed by atoms with E-state index >= 15 is 0 Å². The molecule has 0 aromatic carbocycles. The minimum Gasteiger partial charge on any atom is -0.394 e. The van der Waals surface area contributed by atoms with Gasteiger partial charge in [-0.25, -0.2) is 0 Å². The summed E-state index contributed by atoms with van der Waals surface area (Å²) < 4.78 is 0. The SMILES string of the molecule is Cc1c(Cl)nnc(NC(CO)C(C)C)c1C. The molecule has 0 aliphatic carbocycles. The molecule has 1 unspecified atom stereocenters. The Balaban J connectivity index is 2.93. The Morgan fingerprint density at radius 3 is 2.38 bits per heavy atom. The highest BCUT2D eigenvalue weighted by atomic mass is 35.5. The van der Waals surface area contributed by atoms with Crippen LogP contribution in [0.15, 0.2) is 0 Å². The van der Waals surface area contributed by atoms with E-state index in [1.54, 1.807) is 0 Å². The molecule has 16 heavy (non-hydrogen) atoms. The third-order valence-electron chi connectivity index (χ3n) is 2.79. The zero-order chi connectivity index (χ0) is 12.3. The molecular weight excluding hydrogens is 226 g/mol. The van der Waals surface area contributed by atoms with Gasteiger partial charge in [0.15, 0.2) is 11.0 Å². The van der Waals surface area contributed by atoms with Gasteiger partial charge in [-0.1, -0.05) is 25.4 Å². The Bertz CT molecular complexity index is 368. The van der Waals surface area contributed by atoms with Crippen LogP contribution in [0.3, 0.4) is 0 Å². The van der Waals surface area contributed by atoms with E-state index in [-0.39, 0.29) is 12.6 Å². The van der Waals surface area contributed by atoms with E-state index < -0.39 is 0 Å². The van der Waals surface area contributed by atoms with Crippen molar-refractivity contribution in [2.24, 2.45) is 5.92 Å². The maximum atomic E-state index is 9.24. The summed E-state index contributed by atoms with van der Waals surface area (Å²) >= 11 is 5.87. The number of aliphatic hydroxyl groups is 1. The van der Waals surface area contributed by atoms with E-state index in [4.69, 9.17) is 11.6 Å². The van der Waals surface area contributed by atoms with Crippen LogP contribution in [-0.4, -0.2) is 28.0 Å². The second-order valence-electron chi connectivity index (χ2n) is 4.27. The molecule has 0 saturated heterocycles. The molecule has 1 rings (SSSR count). The number of hydrogen-bond donors (Lipinski definition) is 2. The molecule has 1 atom stereocenters. The van der Waals surface area contributed by atoms with Crippen molar-refractivity contribution in [1.29, 1.82) is 0 Å². The summed E-state index contributed by atoms with van der Waals surface area (Å²) in [5.41, 5.74) is 1.89. The maximum Gasteiger partial charge on any atom is 0.155 e. The normalized spacial score (nSPS) is 12.9. The predicted molar refractivity (Wildman–Crippen MR) is 65.9 cm³/mol. The molecule has 1 heterocycles. The summed E-state index contributed by atoms with van der Waals surface area (Å²) in [7, 11) is 0. The van der Waals surface area contributed by atoms with Crippen molar-refractivity contribution in [3.05, 3.63) is 16.3 Å². The molecule has 90 valence electrons. The number of anilines is 1. The Morgan fingerprint density at radius 1 is 1.25 bits per heavy atom. The number of nitrogens with one attached hydrogen (secondary N) is 1. The monoisotopic (exact) mass is 243 g/mol. The Morgan fingerprint density at radius 2 is 1.88 bits per heavy atom. The van der Waals surface area contributed by atoms with Crippen molar-refractivity contribution in [2.75, 3.05) is 11.9 Å². The van der Waals surface area contributed by atoms with Crippen LogP contribution < -0.4 is 5.32 Å². The third-order valence-corrected chi connectivity index (χ3v) is 3.15. The standard InChI is InChI=1S/C11H18ClN3O/c1-6(2)9(5-16)13-11-8(4)7(3)10(12)14-15-11/h6,9,16H,5H2,1-4H3,(H,13,15). The van der Waals surface area contributed by atoms with Gasteiger partial charge in [0.05, 0.1) is 12.6 Å². The van der Waals surface area contributed by atoms with Gasteiger partial charge in [-0.2, -0.15) is 0 Å². The summed E-state index contributed by atoms with van der Waals surface area (Å²) in [4.78, 5) is 0. The lowest BCUT2D eigenvalue weighted by Crippen LogP contribution is -2.30. The van der Waals surface area contributed by atoms with Gasteiger partial charge in [-0.05, 0) is 30.9 Å². The second-order valence-corrected chi connectivity index (χ2v) is 4.62. The Labute approximate surface area is 101 Å². The predicted octanol–water partition coefficient (Wildman–Crippen LogP) is 2.18. The fourth-order valence-corrected chi connectivity index (χ4v) is 1.49. The van der Waals surface area contributed by atoms with Crippen LogP contribution in [0.25, 0.3) is 0 Å². The Hall–Kier alpha value is -0.870. The highest BCUT2D eigenvalue weighted by Crippen LogP contribution is 2.21. The molecular formula is C11H18ClN3O. The number of halogens is 1. The van der Waals surface area contributed by atoms with Gasteiger partial charge in [0.2, 0.25) is 0 Å². The number of hydrogen-bond acceptors (Lipinski definition) is 4. The summed E-state index contributed by atoms with van der Waals surface area (Å²) in [6.45, 7) is 7.99. The lowest BCUT2D eigenvalue weighted by molar-refractivity contribution is 0.249. The quantitative estimate of drug-likeness (QED) is 0.851. The topological polar surface area (TPSA) is 58.0 Å². The highest BCUT2D eigenvalue weighted by Gasteiger charge is 2.15. The van der Waals surface area contributed by atoms with Crippen LogP contribution in [0.1, 0.15) is 25.0 Å². The van der Waals surface area contributed by atoms with Crippen LogP contribution in [0, 0.1) is 19.8 Å². The van der Waals surface area contributed by atoms with Gasteiger partial charge < -0.3 is 10.4 Å². The maximum absolute atomic E-state index is 9.24. The molecule has 5 heteroatoms. The van der Waals surface area contributed by atoms with E-state index in [1.807, 2.05) is 27.7 Å². The van der Waals surface area contributed by atoms with Crippen molar-refractivity contribution < 1.29 is 5.11 Å². The van der Waals surface area contributed by atoms with E-state index in [9.17, 15) is 5.11 Å². The molecule has 0 bridgehead atoms. The lowest BCUT2D eigenvalue weighted by atomic mass is 10.1. The van der Waals surface area contributed by atoms with Gasteiger partial charge in [0.1, 0.15) is 0 Å². The fourth-order valence-electron chi connectivity index (χ4n) is 1.31. The van der Waals surface area contributed by atoms with E-state index in [0.717, 1.165) is 11.1 Å². The molecule has 0 radical (unpaired) electrons. The third kappa shape index (κ3) is 2.83. The fraction of sp³-hybridized carbons (Fsp3) is 0.636. The molecule has 0 fully saturated rings. The summed E-state index contributed by atoms with van der Waals surface area (Å²) in [6, 6.07) is -0.0198. The zero-order valence-electron chi connectivity index (χ0n) is 10.1. The van der Waals surface area contributed by atoms with E-state index in [2.05, 4.69) is 15.5 Å². The van der Waals surface area contributed by atoms with Gasteiger partial charge in [-0.3, -0.25) is 0 Å². The van der Waals surface area contributed by atoms with Crippen LogP contribution in [-0.2, 0) is 0 Å². The molecule has 0 saturated carbocycles. The summed E-state index contributed by atoms with van der Waals surface area (Å²) in [6.07, 6.45) is 0. The van der Waals surface area contributed by atoms with Crippen LogP contribution in [0.4, 0.5) is 5.82 Å². The van der Waals surface area contributed by atoms with Gasteiger partial charge in [-0.15, -0.1) is 10.2 Å². The number of aliphatic hydroxyl groups excluding tert-OH is 1. The van der Waals surface area contributed by atoms with Crippen molar-refractivity contribution in [1.82, 2.24) is 10.2 Å². The average molecular weight is 244 g/mol. The summed E-state index contributed by atoms with van der Waals surface area (Å²) in [5.74, 6) is 1.01. The van der Waals surface area contributed by atoms with Gasteiger partial charge >= 0.3 is 0 Å². The molecule has 0 aliphatic rings. The molecule has 4 nitrogen and oxygen atoms in total. The first-order valence-corrected chi connectivity index (χ1v) is 5.72. The molecule has 1 aromatic heterocycles. The van der Waals surface area contributed by atoms with E-state index in [0.29, 0.717) is 16.9 Å². The molecule has 0 aliphatic heterocycles. The van der Waals surface area contributed by atoms with Crippen LogP contribution in [0.2, 0.25) is 5.15 Å². The molecule has 0 amide bonds. The van der Waals surface area contributed by atoms with Gasteiger partial charge in [0.25, 0.3) is 0 Å². The minimum absolute atomic E-state index is 0.0198. The van der Waals surface area contributed by atoms with Crippen LogP contribution >= 0.6 is 11.6 Å². The lowest BCUT2D eigenvalue weighted by Gasteiger charge is -2.21.